The summed E-state index contributed by atoms with van der Waals surface area (Å²) in [5.41, 5.74) is 1.73. The van der Waals surface area contributed by atoms with Crippen LogP contribution in [0.25, 0.3) is 0 Å². The van der Waals surface area contributed by atoms with E-state index < -0.39 is 17.8 Å². The number of hydrogen-bond donors (Lipinski definition) is 1. The van der Waals surface area contributed by atoms with E-state index in [0.29, 0.717) is 19.4 Å². The van der Waals surface area contributed by atoms with Crippen LogP contribution in [-0.4, -0.2) is 33.9 Å². The zero-order chi connectivity index (χ0) is 15.6. The SMILES string of the molecule is Cc1cccc(CN(C)C(=O)[C@H]2CC(C)C[C@H]2C(=O)O)n1. The van der Waals surface area contributed by atoms with Gasteiger partial charge >= 0.3 is 5.97 Å². The second-order valence-electron chi connectivity index (χ2n) is 6.09. The molecule has 0 aliphatic heterocycles. The average molecular weight is 290 g/mol. The number of nitrogens with zero attached hydrogens (tertiary/aromatic N) is 2. The van der Waals surface area contributed by atoms with Crippen LogP contribution in [0.3, 0.4) is 0 Å². The van der Waals surface area contributed by atoms with Crippen molar-refractivity contribution in [2.45, 2.75) is 33.2 Å². The molecular formula is C16H22N2O3. The molecule has 1 N–H and O–H groups in total. The van der Waals surface area contributed by atoms with Crippen LogP contribution in [0.4, 0.5) is 0 Å². The Morgan fingerprint density at radius 3 is 2.62 bits per heavy atom. The van der Waals surface area contributed by atoms with E-state index >= 15 is 0 Å². The molecule has 0 bridgehead atoms. The summed E-state index contributed by atoms with van der Waals surface area (Å²) in [6.45, 7) is 4.33. The summed E-state index contributed by atoms with van der Waals surface area (Å²) in [5.74, 6) is -1.63. The van der Waals surface area contributed by atoms with Gasteiger partial charge in [0.05, 0.1) is 24.1 Å². The molecule has 5 nitrogen and oxygen atoms in total. The van der Waals surface area contributed by atoms with Crippen molar-refractivity contribution in [1.29, 1.82) is 0 Å². The minimum absolute atomic E-state index is 0.0879. The Balaban J connectivity index is 2.06. The maximum absolute atomic E-state index is 12.5. The highest BCUT2D eigenvalue weighted by atomic mass is 16.4. The van der Waals surface area contributed by atoms with Crippen molar-refractivity contribution in [1.82, 2.24) is 9.88 Å². The molecule has 114 valence electrons. The maximum atomic E-state index is 12.5. The van der Waals surface area contributed by atoms with E-state index in [1.807, 2.05) is 32.0 Å². The van der Waals surface area contributed by atoms with Gasteiger partial charge in [0, 0.05) is 12.7 Å². The number of carboxylic acid groups (broad SMARTS) is 1. The van der Waals surface area contributed by atoms with Gasteiger partial charge in [0.2, 0.25) is 5.91 Å². The first-order chi connectivity index (χ1) is 9.88. The molecule has 0 radical (unpaired) electrons. The van der Waals surface area contributed by atoms with Crippen molar-refractivity contribution < 1.29 is 14.7 Å². The molecular weight excluding hydrogens is 268 g/mol. The van der Waals surface area contributed by atoms with Gasteiger partial charge in [0.1, 0.15) is 0 Å². The van der Waals surface area contributed by atoms with E-state index in [9.17, 15) is 14.7 Å². The molecule has 1 amide bonds. The summed E-state index contributed by atoms with van der Waals surface area (Å²) in [5, 5.41) is 9.28. The first-order valence-corrected chi connectivity index (χ1v) is 7.28. The van der Waals surface area contributed by atoms with Crippen molar-refractivity contribution in [3.63, 3.8) is 0 Å². The lowest BCUT2D eigenvalue weighted by Crippen LogP contribution is -2.36. The third kappa shape index (κ3) is 3.60. The van der Waals surface area contributed by atoms with Crippen molar-refractivity contribution in [2.24, 2.45) is 17.8 Å². The molecule has 1 aliphatic rings. The number of carbonyl (C=O) groups excluding carboxylic acids is 1. The Labute approximate surface area is 125 Å². The minimum atomic E-state index is -0.861. The van der Waals surface area contributed by atoms with Crippen LogP contribution < -0.4 is 0 Å². The highest BCUT2D eigenvalue weighted by molar-refractivity contribution is 5.85. The lowest BCUT2D eigenvalue weighted by molar-refractivity contribution is -0.148. The third-order valence-corrected chi connectivity index (χ3v) is 4.15. The molecule has 21 heavy (non-hydrogen) atoms. The zero-order valence-corrected chi connectivity index (χ0v) is 12.7. The zero-order valence-electron chi connectivity index (χ0n) is 12.7. The lowest BCUT2D eigenvalue weighted by atomic mass is 9.95. The van der Waals surface area contributed by atoms with Gasteiger partial charge in [-0.25, -0.2) is 0 Å². The normalized spacial score (nSPS) is 24.8. The number of carboxylic acids is 1. The van der Waals surface area contributed by atoms with Gasteiger partial charge in [-0.05, 0) is 37.8 Å². The Hall–Kier alpha value is -1.91. The topological polar surface area (TPSA) is 70.5 Å². The number of aromatic nitrogens is 1. The van der Waals surface area contributed by atoms with E-state index in [0.717, 1.165) is 11.4 Å². The molecule has 1 saturated carbocycles. The van der Waals surface area contributed by atoms with Gasteiger partial charge in [0.15, 0.2) is 0 Å². The summed E-state index contributed by atoms with van der Waals surface area (Å²) >= 11 is 0. The first-order valence-electron chi connectivity index (χ1n) is 7.28. The summed E-state index contributed by atoms with van der Waals surface area (Å²) in [6.07, 6.45) is 1.24. The molecule has 1 fully saturated rings. The highest BCUT2D eigenvalue weighted by Crippen LogP contribution is 2.37. The summed E-state index contributed by atoms with van der Waals surface area (Å²) in [7, 11) is 1.72. The first kappa shape index (κ1) is 15.5. The van der Waals surface area contributed by atoms with Crippen molar-refractivity contribution in [3.05, 3.63) is 29.6 Å². The van der Waals surface area contributed by atoms with Crippen LogP contribution in [0.15, 0.2) is 18.2 Å². The smallest absolute Gasteiger partial charge is 0.307 e. The molecule has 1 heterocycles. The maximum Gasteiger partial charge on any atom is 0.307 e. The van der Waals surface area contributed by atoms with Crippen LogP contribution >= 0.6 is 0 Å². The van der Waals surface area contributed by atoms with E-state index in [2.05, 4.69) is 4.98 Å². The van der Waals surface area contributed by atoms with Crippen LogP contribution in [-0.2, 0) is 16.1 Å². The van der Waals surface area contributed by atoms with Gasteiger partial charge < -0.3 is 10.0 Å². The molecule has 0 spiro atoms. The Morgan fingerprint density at radius 2 is 2.00 bits per heavy atom. The summed E-state index contributed by atoms with van der Waals surface area (Å²) in [6, 6.07) is 5.70. The van der Waals surface area contributed by atoms with Gasteiger partial charge in [-0.3, -0.25) is 14.6 Å². The summed E-state index contributed by atoms with van der Waals surface area (Å²) < 4.78 is 0. The van der Waals surface area contributed by atoms with Crippen LogP contribution in [0, 0.1) is 24.7 Å². The van der Waals surface area contributed by atoms with Crippen LogP contribution in [0.2, 0.25) is 0 Å². The van der Waals surface area contributed by atoms with Gasteiger partial charge in [0.25, 0.3) is 0 Å². The highest BCUT2D eigenvalue weighted by Gasteiger charge is 2.42. The number of pyridine rings is 1. The fourth-order valence-electron chi connectivity index (χ4n) is 3.13. The van der Waals surface area contributed by atoms with Gasteiger partial charge in [-0.1, -0.05) is 13.0 Å². The number of carbonyl (C=O) groups is 2. The number of aliphatic carboxylic acids is 1. The Bertz CT molecular complexity index is 544. The number of amides is 1. The molecule has 0 aromatic carbocycles. The van der Waals surface area contributed by atoms with Gasteiger partial charge in [-0.2, -0.15) is 0 Å². The number of aryl methyl sites for hydroxylation is 1. The predicted molar refractivity (Wildman–Crippen MR) is 78.5 cm³/mol. The van der Waals surface area contributed by atoms with E-state index in [-0.39, 0.29) is 11.8 Å². The Kier molecular flexibility index (Phi) is 4.60. The quantitative estimate of drug-likeness (QED) is 0.922. The molecule has 1 aromatic rings. The second-order valence-corrected chi connectivity index (χ2v) is 6.09. The second kappa shape index (κ2) is 6.24. The molecule has 1 aromatic heterocycles. The summed E-state index contributed by atoms with van der Waals surface area (Å²) in [4.78, 5) is 29.8. The molecule has 1 unspecified atom stereocenters. The van der Waals surface area contributed by atoms with Crippen LogP contribution in [0.5, 0.6) is 0 Å². The predicted octanol–water partition coefficient (Wildman–Crippen LogP) is 2.10. The molecule has 3 atom stereocenters. The fraction of sp³-hybridized carbons (Fsp3) is 0.562. The molecule has 5 heteroatoms. The largest absolute Gasteiger partial charge is 0.481 e. The third-order valence-electron chi connectivity index (χ3n) is 4.15. The lowest BCUT2D eigenvalue weighted by Gasteiger charge is -2.23. The van der Waals surface area contributed by atoms with E-state index in [1.165, 1.54) is 0 Å². The standard InChI is InChI=1S/C16H22N2O3/c1-10-7-13(14(8-10)16(20)21)15(19)18(3)9-12-6-4-5-11(2)17-12/h4-6,10,13-14H,7-9H2,1-3H3,(H,20,21)/t10?,13-,14+/m0/s1. The average Bonchev–Trinajstić information content (AvgIpc) is 2.80. The van der Waals surface area contributed by atoms with Crippen molar-refractivity contribution >= 4 is 11.9 Å². The fourth-order valence-corrected chi connectivity index (χ4v) is 3.13. The number of hydrogen-bond acceptors (Lipinski definition) is 3. The molecule has 0 saturated heterocycles. The van der Waals surface area contributed by atoms with E-state index in [1.54, 1.807) is 11.9 Å². The monoisotopic (exact) mass is 290 g/mol. The van der Waals surface area contributed by atoms with Crippen molar-refractivity contribution in [2.75, 3.05) is 7.05 Å². The molecule has 1 aliphatic carbocycles. The minimum Gasteiger partial charge on any atom is -0.481 e. The van der Waals surface area contributed by atoms with Gasteiger partial charge in [-0.15, -0.1) is 0 Å². The van der Waals surface area contributed by atoms with Crippen molar-refractivity contribution in [3.8, 4) is 0 Å². The van der Waals surface area contributed by atoms with E-state index in [4.69, 9.17) is 0 Å². The number of rotatable bonds is 4. The Morgan fingerprint density at radius 1 is 1.33 bits per heavy atom. The molecule has 2 rings (SSSR count). The van der Waals surface area contributed by atoms with Crippen LogP contribution in [0.1, 0.15) is 31.2 Å².